The summed E-state index contributed by atoms with van der Waals surface area (Å²) in [5.41, 5.74) is 2.17. The van der Waals surface area contributed by atoms with E-state index in [9.17, 15) is 4.39 Å². The van der Waals surface area contributed by atoms with Crippen LogP contribution in [0.5, 0.6) is 0 Å². The molecule has 0 spiro atoms. The average molecular weight is 222 g/mol. The van der Waals surface area contributed by atoms with E-state index in [1.165, 1.54) is 18.9 Å². The van der Waals surface area contributed by atoms with E-state index in [4.69, 9.17) is 0 Å². The maximum absolute atomic E-state index is 13.2. The topological polar surface area (TPSA) is 15.3 Å². The van der Waals surface area contributed by atoms with Crippen LogP contribution < -0.4 is 10.2 Å². The van der Waals surface area contributed by atoms with Crippen LogP contribution in [-0.4, -0.2) is 20.6 Å². The molecule has 2 rings (SSSR count). The smallest absolute Gasteiger partial charge is 0.123 e. The van der Waals surface area contributed by atoms with Crippen molar-refractivity contribution in [3.05, 3.63) is 29.6 Å². The Hall–Kier alpha value is -1.09. The van der Waals surface area contributed by atoms with Crippen LogP contribution in [0.2, 0.25) is 0 Å². The highest BCUT2D eigenvalue weighted by Gasteiger charge is 2.23. The Morgan fingerprint density at radius 3 is 2.81 bits per heavy atom. The Morgan fingerprint density at radius 2 is 2.19 bits per heavy atom. The molecule has 0 bridgehead atoms. The first-order valence-corrected chi connectivity index (χ1v) is 5.85. The molecule has 0 amide bonds. The number of hydrogen-bond donors (Lipinski definition) is 1. The molecule has 1 aliphatic rings. The first kappa shape index (κ1) is 11.4. The first-order valence-electron chi connectivity index (χ1n) is 5.85. The fourth-order valence-electron chi connectivity index (χ4n) is 2.04. The minimum absolute atomic E-state index is 0.158. The summed E-state index contributed by atoms with van der Waals surface area (Å²) in [7, 11) is 3.97. The summed E-state index contributed by atoms with van der Waals surface area (Å²) in [6.45, 7) is 1.80. The van der Waals surface area contributed by atoms with Gasteiger partial charge in [-0.25, -0.2) is 4.39 Å². The van der Waals surface area contributed by atoms with Crippen molar-refractivity contribution in [2.24, 2.45) is 5.92 Å². The Balaban J connectivity index is 2.15. The van der Waals surface area contributed by atoms with Crippen LogP contribution in [0.4, 0.5) is 10.1 Å². The molecule has 1 fully saturated rings. The van der Waals surface area contributed by atoms with Crippen molar-refractivity contribution in [1.29, 1.82) is 0 Å². The van der Waals surface area contributed by atoms with E-state index in [1.54, 1.807) is 6.07 Å². The Kier molecular flexibility index (Phi) is 3.44. The van der Waals surface area contributed by atoms with Crippen molar-refractivity contribution in [3.8, 4) is 0 Å². The van der Waals surface area contributed by atoms with Crippen LogP contribution in [0, 0.1) is 11.7 Å². The molecular weight excluding hydrogens is 203 g/mol. The van der Waals surface area contributed by atoms with E-state index < -0.39 is 0 Å². The SMILES string of the molecule is CNCc1cc(F)ccc1N(C)CC1CC1. The van der Waals surface area contributed by atoms with Gasteiger partial charge in [0.2, 0.25) is 0 Å². The van der Waals surface area contributed by atoms with Crippen molar-refractivity contribution in [2.45, 2.75) is 19.4 Å². The van der Waals surface area contributed by atoms with Gasteiger partial charge in [0.1, 0.15) is 5.82 Å². The molecule has 0 aliphatic heterocycles. The minimum atomic E-state index is -0.158. The van der Waals surface area contributed by atoms with Gasteiger partial charge in [-0.2, -0.15) is 0 Å². The third-order valence-corrected chi connectivity index (χ3v) is 3.05. The van der Waals surface area contributed by atoms with Gasteiger partial charge in [-0.05, 0) is 49.6 Å². The molecule has 0 heterocycles. The normalized spacial score (nSPS) is 15.2. The van der Waals surface area contributed by atoms with E-state index in [-0.39, 0.29) is 5.82 Å². The number of hydrogen-bond acceptors (Lipinski definition) is 2. The molecule has 0 unspecified atom stereocenters. The zero-order chi connectivity index (χ0) is 11.5. The predicted molar refractivity (Wildman–Crippen MR) is 65.2 cm³/mol. The Labute approximate surface area is 96.5 Å². The molecular formula is C13H19FN2. The second-order valence-corrected chi connectivity index (χ2v) is 4.63. The largest absolute Gasteiger partial charge is 0.374 e. The minimum Gasteiger partial charge on any atom is -0.374 e. The summed E-state index contributed by atoms with van der Waals surface area (Å²) in [5, 5.41) is 3.08. The van der Waals surface area contributed by atoms with Crippen molar-refractivity contribution in [2.75, 3.05) is 25.5 Å². The van der Waals surface area contributed by atoms with Gasteiger partial charge in [0, 0.05) is 25.8 Å². The van der Waals surface area contributed by atoms with Crippen LogP contribution in [0.1, 0.15) is 18.4 Å². The Morgan fingerprint density at radius 1 is 1.44 bits per heavy atom. The highest BCUT2D eigenvalue weighted by molar-refractivity contribution is 5.53. The third kappa shape index (κ3) is 2.73. The number of nitrogens with zero attached hydrogens (tertiary/aromatic N) is 1. The molecule has 2 nitrogen and oxygen atoms in total. The van der Waals surface area contributed by atoms with E-state index >= 15 is 0 Å². The summed E-state index contributed by atoms with van der Waals surface area (Å²) >= 11 is 0. The van der Waals surface area contributed by atoms with Crippen molar-refractivity contribution in [1.82, 2.24) is 5.32 Å². The zero-order valence-corrected chi connectivity index (χ0v) is 9.96. The van der Waals surface area contributed by atoms with E-state index in [0.29, 0.717) is 6.54 Å². The van der Waals surface area contributed by atoms with E-state index in [2.05, 4.69) is 17.3 Å². The van der Waals surface area contributed by atoms with Gasteiger partial charge in [-0.3, -0.25) is 0 Å². The molecule has 1 aromatic rings. The molecule has 16 heavy (non-hydrogen) atoms. The summed E-state index contributed by atoms with van der Waals surface area (Å²) < 4.78 is 13.2. The molecule has 1 N–H and O–H groups in total. The lowest BCUT2D eigenvalue weighted by Crippen LogP contribution is -2.22. The molecule has 0 atom stereocenters. The standard InChI is InChI=1S/C13H19FN2/c1-15-8-11-7-12(14)5-6-13(11)16(2)9-10-3-4-10/h5-7,10,15H,3-4,8-9H2,1-2H3. The van der Waals surface area contributed by atoms with Crippen LogP contribution in [-0.2, 0) is 6.54 Å². The molecule has 1 saturated carbocycles. The molecule has 1 aliphatic carbocycles. The number of halogens is 1. The van der Waals surface area contributed by atoms with Crippen LogP contribution >= 0.6 is 0 Å². The highest BCUT2D eigenvalue weighted by atomic mass is 19.1. The van der Waals surface area contributed by atoms with Gasteiger partial charge < -0.3 is 10.2 Å². The van der Waals surface area contributed by atoms with Crippen molar-refractivity contribution >= 4 is 5.69 Å². The lowest BCUT2D eigenvalue weighted by molar-refractivity contribution is 0.623. The van der Waals surface area contributed by atoms with Gasteiger partial charge in [0.15, 0.2) is 0 Å². The summed E-state index contributed by atoms with van der Waals surface area (Å²) in [6, 6.07) is 5.04. The maximum atomic E-state index is 13.2. The van der Waals surface area contributed by atoms with Crippen LogP contribution in [0.3, 0.4) is 0 Å². The van der Waals surface area contributed by atoms with Gasteiger partial charge in [0.25, 0.3) is 0 Å². The van der Waals surface area contributed by atoms with E-state index in [0.717, 1.165) is 23.7 Å². The van der Waals surface area contributed by atoms with Crippen molar-refractivity contribution in [3.63, 3.8) is 0 Å². The second-order valence-electron chi connectivity index (χ2n) is 4.63. The second kappa shape index (κ2) is 4.83. The molecule has 88 valence electrons. The third-order valence-electron chi connectivity index (χ3n) is 3.05. The fourth-order valence-corrected chi connectivity index (χ4v) is 2.04. The lowest BCUT2D eigenvalue weighted by atomic mass is 10.1. The number of nitrogens with one attached hydrogen (secondary N) is 1. The quantitative estimate of drug-likeness (QED) is 0.823. The van der Waals surface area contributed by atoms with E-state index in [1.807, 2.05) is 13.1 Å². The Bertz CT molecular complexity index is 361. The van der Waals surface area contributed by atoms with Gasteiger partial charge in [-0.15, -0.1) is 0 Å². The molecule has 0 aromatic heterocycles. The number of anilines is 1. The van der Waals surface area contributed by atoms with Crippen molar-refractivity contribution < 1.29 is 4.39 Å². The molecule has 0 saturated heterocycles. The first-order chi connectivity index (χ1) is 7.70. The van der Waals surface area contributed by atoms with Gasteiger partial charge >= 0.3 is 0 Å². The molecule has 3 heteroatoms. The summed E-state index contributed by atoms with van der Waals surface area (Å²) in [6.07, 6.45) is 2.68. The molecule has 1 aromatic carbocycles. The fraction of sp³-hybridized carbons (Fsp3) is 0.538. The maximum Gasteiger partial charge on any atom is 0.123 e. The monoisotopic (exact) mass is 222 g/mol. The van der Waals surface area contributed by atoms with Gasteiger partial charge in [0.05, 0.1) is 0 Å². The van der Waals surface area contributed by atoms with Crippen LogP contribution in [0.25, 0.3) is 0 Å². The zero-order valence-electron chi connectivity index (χ0n) is 9.96. The summed E-state index contributed by atoms with van der Waals surface area (Å²) in [5.74, 6) is 0.686. The summed E-state index contributed by atoms with van der Waals surface area (Å²) in [4.78, 5) is 2.24. The number of benzene rings is 1. The predicted octanol–water partition coefficient (Wildman–Crippen LogP) is 2.39. The lowest BCUT2D eigenvalue weighted by Gasteiger charge is -2.22. The number of rotatable bonds is 5. The molecule has 0 radical (unpaired) electrons. The van der Waals surface area contributed by atoms with Gasteiger partial charge in [-0.1, -0.05) is 0 Å². The highest BCUT2D eigenvalue weighted by Crippen LogP contribution is 2.31. The average Bonchev–Trinajstić information content (AvgIpc) is 3.02. The van der Waals surface area contributed by atoms with Crippen LogP contribution in [0.15, 0.2) is 18.2 Å².